The Bertz CT molecular complexity index is 1250. The molecule has 6 nitrogen and oxygen atoms in total. The molecule has 1 heterocycles. The summed E-state index contributed by atoms with van der Waals surface area (Å²) in [6, 6.07) is 25.1. The molecule has 0 aliphatic carbocycles. The third kappa shape index (κ3) is 4.41. The lowest BCUT2D eigenvalue weighted by Gasteiger charge is -2.17. The number of carbonyl (C=O) groups excluding carboxylic acids is 1. The van der Waals surface area contributed by atoms with E-state index >= 15 is 0 Å². The molecule has 31 heavy (non-hydrogen) atoms. The molecule has 0 spiro atoms. The number of nitrogens with zero attached hydrogens (tertiary/aromatic N) is 4. The number of hydrogen-bond acceptors (Lipinski definition) is 4. The van der Waals surface area contributed by atoms with E-state index in [0.29, 0.717) is 18.5 Å². The molecule has 0 saturated heterocycles. The van der Waals surface area contributed by atoms with Crippen molar-refractivity contribution in [3.8, 4) is 6.07 Å². The molecule has 1 aromatic heterocycles. The Morgan fingerprint density at radius 1 is 1.10 bits per heavy atom. The van der Waals surface area contributed by atoms with Crippen LogP contribution < -0.4 is 10.2 Å². The number of amides is 1. The minimum absolute atomic E-state index is 0.0317. The summed E-state index contributed by atoms with van der Waals surface area (Å²) in [5.74, 6) is 0.916. The van der Waals surface area contributed by atoms with Gasteiger partial charge in [-0.2, -0.15) is 5.26 Å². The van der Waals surface area contributed by atoms with Gasteiger partial charge in [-0.05, 0) is 48.0 Å². The first-order valence-corrected chi connectivity index (χ1v) is 10.0. The van der Waals surface area contributed by atoms with Crippen molar-refractivity contribution < 1.29 is 4.79 Å². The van der Waals surface area contributed by atoms with Gasteiger partial charge in [0.2, 0.25) is 5.91 Å². The second-order valence-electron chi connectivity index (χ2n) is 7.42. The van der Waals surface area contributed by atoms with E-state index in [4.69, 9.17) is 10.2 Å². The highest BCUT2D eigenvalue weighted by atomic mass is 16.2. The Morgan fingerprint density at radius 2 is 1.84 bits per heavy atom. The fraction of sp³-hybridized carbons (Fsp3) is 0.160. The van der Waals surface area contributed by atoms with Gasteiger partial charge >= 0.3 is 0 Å². The first-order valence-electron chi connectivity index (χ1n) is 10.0. The molecule has 0 fully saturated rings. The van der Waals surface area contributed by atoms with Crippen LogP contribution in [0.25, 0.3) is 11.0 Å². The van der Waals surface area contributed by atoms with Crippen molar-refractivity contribution in [2.75, 3.05) is 17.3 Å². The van der Waals surface area contributed by atoms with Crippen LogP contribution in [0.5, 0.6) is 0 Å². The Balaban J connectivity index is 1.50. The van der Waals surface area contributed by atoms with Crippen LogP contribution in [0.1, 0.15) is 17.0 Å². The highest BCUT2D eigenvalue weighted by Gasteiger charge is 2.14. The summed E-state index contributed by atoms with van der Waals surface area (Å²) < 4.78 is 2.04. The molecular formula is C25H23N5O. The van der Waals surface area contributed by atoms with Gasteiger partial charge in [-0.3, -0.25) is 4.79 Å². The quantitative estimate of drug-likeness (QED) is 0.516. The monoisotopic (exact) mass is 409 g/mol. The Kier molecular flexibility index (Phi) is 5.67. The SMILES string of the molecule is CN(C(=O)Cc1ccccc1)c1ccc2c(c1)nc(CNc1ccc(C#N)cc1)n2C. The van der Waals surface area contributed by atoms with Crippen LogP contribution in [0.3, 0.4) is 0 Å². The Hall–Kier alpha value is -4.11. The third-order valence-electron chi connectivity index (χ3n) is 5.38. The minimum Gasteiger partial charge on any atom is -0.378 e. The topological polar surface area (TPSA) is 74.0 Å². The van der Waals surface area contributed by atoms with Crippen LogP contribution in [-0.2, 0) is 24.8 Å². The lowest BCUT2D eigenvalue weighted by atomic mass is 10.1. The number of nitrogens with one attached hydrogen (secondary N) is 1. The van der Waals surface area contributed by atoms with Gasteiger partial charge in [0.1, 0.15) is 5.82 Å². The molecule has 154 valence electrons. The normalized spacial score (nSPS) is 10.6. The van der Waals surface area contributed by atoms with Crippen LogP contribution in [-0.4, -0.2) is 22.5 Å². The van der Waals surface area contributed by atoms with Crippen molar-refractivity contribution in [1.29, 1.82) is 5.26 Å². The highest BCUT2D eigenvalue weighted by Crippen LogP contribution is 2.23. The molecule has 0 aliphatic rings. The molecule has 0 radical (unpaired) electrons. The van der Waals surface area contributed by atoms with Crippen LogP contribution >= 0.6 is 0 Å². The van der Waals surface area contributed by atoms with Crippen LogP contribution in [0.2, 0.25) is 0 Å². The van der Waals surface area contributed by atoms with Gasteiger partial charge in [-0.1, -0.05) is 30.3 Å². The average Bonchev–Trinajstić information content (AvgIpc) is 3.13. The molecule has 0 aliphatic heterocycles. The molecule has 1 N–H and O–H groups in total. The maximum absolute atomic E-state index is 12.7. The summed E-state index contributed by atoms with van der Waals surface area (Å²) in [6.07, 6.45) is 0.358. The number of aromatic nitrogens is 2. The van der Waals surface area contributed by atoms with E-state index in [-0.39, 0.29) is 5.91 Å². The molecule has 4 rings (SSSR count). The van der Waals surface area contributed by atoms with Gasteiger partial charge in [-0.25, -0.2) is 4.98 Å². The summed E-state index contributed by atoms with van der Waals surface area (Å²) in [5.41, 5.74) is 5.22. The number of hydrogen-bond donors (Lipinski definition) is 1. The van der Waals surface area contributed by atoms with E-state index in [1.54, 1.807) is 24.1 Å². The zero-order valence-electron chi connectivity index (χ0n) is 17.5. The van der Waals surface area contributed by atoms with E-state index in [1.165, 1.54) is 0 Å². The predicted molar refractivity (Wildman–Crippen MR) is 123 cm³/mol. The summed E-state index contributed by atoms with van der Waals surface area (Å²) in [7, 11) is 3.78. The van der Waals surface area contributed by atoms with Crippen LogP contribution in [0.4, 0.5) is 11.4 Å². The van der Waals surface area contributed by atoms with Crippen molar-refractivity contribution in [3.05, 3.63) is 89.7 Å². The van der Waals surface area contributed by atoms with Crippen molar-refractivity contribution in [1.82, 2.24) is 9.55 Å². The standard InChI is InChI=1S/C25H23N5O/c1-29(25(31)14-18-6-4-3-5-7-18)21-12-13-23-22(15-21)28-24(30(23)2)17-27-20-10-8-19(16-26)9-11-20/h3-13,15,27H,14,17H2,1-2H3. The number of benzene rings is 3. The van der Waals surface area contributed by atoms with Gasteiger partial charge in [0.25, 0.3) is 0 Å². The Morgan fingerprint density at radius 3 is 2.55 bits per heavy atom. The van der Waals surface area contributed by atoms with Gasteiger partial charge < -0.3 is 14.8 Å². The molecule has 0 atom stereocenters. The van der Waals surface area contributed by atoms with Crippen molar-refractivity contribution in [2.24, 2.45) is 7.05 Å². The van der Waals surface area contributed by atoms with E-state index in [2.05, 4.69) is 11.4 Å². The lowest BCUT2D eigenvalue weighted by molar-refractivity contribution is -0.117. The third-order valence-corrected chi connectivity index (χ3v) is 5.38. The van der Waals surface area contributed by atoms with Crippen molar-refractivity contribution in [3.63, 3.8) is 0 Å². The van der Waals surface area contributed by atoms with Crippen molar-refractivity contribution >= 4 is 28.3 Å². The van der Waals surface area contributed by atoms with E-state index in [1.807, 2.05) is 72.3 Å². The average molecular weight is 409 g/mol. The number of imidazole rings is 1. The molecular weight excluding hydrogens is 386 g/mol. The summed E-state index contributed by atoms with van der Waals surface area (Å²) in [5, 5.41) is 12.3. The van der Waals surface area contributed by atoms with E-state index < -0.39 is 0 Å². The molecule has 6 heteroatoms. The molecule has 4 aromatic rings. The summed E-state index contributed by atoms with van der Waals surface area (Å²) >= 11 is 0. The number of carbonyl (C=O) groups is 1. The summed E-state index contributed by atoms with van der Waals surface area (Å²) in [6.45, 7) is 0.551. The molecule has 3 aromatic carbocycles. The first-order chi connectivity index (χ1) is 15.0. The predicted octanol–water partition coefficient (Wildman–Crippen LogP) is 4.26. The second kappa shape index (κ2) is 8.72. The number of likely N-dealkylation sites (N-methyl/N-ethyl adjacent to an activating group) is 1. The zero-order chi connectivity index (χ0) is 21.8. The fourth-order valence-corrected chi connectivity index (χ4v) is 3.48. The second-order valence-corrected chi connectivity index (χ2v) is 7.42. The molecule has 0 saturated carbocycles. The smallest absolute Gasteiger partial charge is 0.231 e. The molecule has 0 unspecified atom stereocenters. The van der Waals surface area contributed by atoms with Crippen LogP contribution in [0, 0.1) is 11.3 Å². The van der Waals surface area contributed by atoms with E-state index in [9.17, 15) is 4.79 Å². The number of rotatable bonds is 6. The van der Waals surface area contributed by atoms with Gasteiger partial charge in [0, 0.05) is 25.5 Å². The minimum atomic E-state index is 0.0317. The first kappa shape index (κ1) is 20.2. The highest BCUT2D eigenvalue weighted by molar-refractivity contribution is 5.96. The van der Waals surface area contributed by atoms with E-state index in [0.717, 1.165) is 33.8 Å². The maximum Gasteiger partial charge on any atom is 0.231 e. The molecule has 0 bridgehead atoms. The van der Waals surface area contributed by atoms with Crippen molar-refractivity contribution in [2.45, 2.75) is 13.0 Å². The van der Waals surface area contributed by atoms with Gasteiger partial charge in [0.05, 0.1) is 35.6 Å². The summed E-state index contributed by atoms with van der Waals surface area (Å²) in [4.78, 5) is 19.1. The largest absolute Gasteiger partial charge is 0.378 e. The zero-order valence-corrected chi connectivity index (χ0v) is 17.5. The Labute approximate surface area is 181 Å². The van der Waals surface area contributed by atoms with Gasteiger partial charge in [0.15, 0.2) is 0 Å². The maximum atomic E-state index is 12.7. The number of nitriles is 1. The number of fused-ring (bicyclic) bond motifs is 1. The molecule has 1 amide bonds. The number of aryl methyl sites for hydroxylation is 1. The fourth-order valence-electron chi connectivity index (χ4n) is 3.48. The van der Waals surface area contributed by atoms with Crippen LogP contribution in [0.15, 0.2) is 72.8 Å². The number of anilines is 2. The van der Waals surface area contributed by atoms with Gasteiger partial charge in [-0.15, -0.1) is 0 Å². The lowest BCUT2D eigenvalue weighted by Crippen LogP contribution is -2.27.